The Hall–Kier alpha value is -2.60. The van der Waals surface area contributed by atoms with Gasteiger partial charge in [0.15, 0.2) is 11.6 Å². The standard InChI is InChI=1S/C19H16F2N2OS/c1-12-17(9-13-5-3-2-4-6-13)25-18(23-12)11-22-19(24)14-7-8-15(20)16(21)10-14/h2-8,10H,9,11H2,1H3,(H,22,24). The van der Waals surface area contributed by atoms with E-state index in [1.54, 1.807) is 0 Å². The molecule has 2 aromatic carbocycles. The van der Waals surface area contributed by atoms with Crippen molar-refractivity contribution in [2.45, 2.75) is 19.9 Å². The third kappa shape index (κ3) is 4.28. The zero-order valence-corrected chi connectivity index (χ0v) is 14.4. The van der Waals surface area contributed by atoms with Crippen LogP contribution < -0.4 is 5.32 Å². The molecule has 1 aromatic heterocycles. The summed E-state index contributed by atoms with van der Waals surface area (Å²) in [5.41, 5.74) is 2.22. The normalized spacial score (nSPS) is 10.7. The van der Waals surface area contributed by atoms with E-state index in [-0.39, 0.29) is 12.1 Å². The zero-order chi connectivity index (χ0) is 17.8. The Kier molecular flexibility index (Phi) is 5.19. The molecule has 3 aromatic rings. The van der Waals surface area contributed by atoms with E-state index in [0.29, 0.717) is 0 Å². The molecule has 0 spiro atoms. The number of rotatable bonds is 5. The predicted molar refractivity (Wildman–Crippen MR) is 93.6 cm³/mol. The van der Waals surface area contributed by atoms with E-state index in [0.717, 1.165) is 34.1 Å². The van der Waals surface area contributed by atoms with E-state index in [9.17, 15) is 13.6 Å². The summed E-state index contributed by atoms with van der Waals surface area (Å²) in [6.07, 6.45) is 0.793. The average Bonchev–Trinajstić information content (AvgIpc) is 2.96. The second-order valence-electron chi connectivity index (χ2n) is 5.59. The molecule has 3 nitrogen and oxygen atoms in total. The minimum atomic E-state index is -1.04. The van der Waals surface area contributed by atoms with Crippen LogP contribution in [0.15, 0.2) is 48.5 Å². The van der Waals surface area contributed by atoms with E-state index >= 15 is 0 Å². The Balaban J connectivity index is 1.64. The Bertz CT molecular complexity index is 894. The Morgan fingerprint density at radius 3 is 2.60 bits per heavy atom. The monoisotopic (exact) mass is 358 g/mol. The van der Waals surface area contributed by atoms with E-state index in [2.05, 4.69) is 22.4 Å². The lowest BCUT2D eigenvalue weighted by Crippen LogP contribution is -2.22. The summed E-state index contributed by atoms with van der Waals surface area (Å²) in [5.74, 6) is -2.48. The first-order valence-corrected chi connectivity index (χ1v) is 8.57. The number of aromatic nitrogens is 1. The van der Waals surface area contributed by atoms with Gasteiger partial charge in [0.25, 0.3) is 5.91 Å². The summed E-state index contributed by atoms with van der Waals surface area (Å²) < 4.78 is 26.1. The van der Waals surface area contributed by atoms with Crippen molar-refractivity contribution >= 4 is 17.2 Å². The highest BCUT2D eigenvalue weighted by Crippen LogP contribution is 2.21. The lowest BCUT2D eigenvalue weighted by atomic mass is 10.1. The van der Waals surface area contributed by atoms with Crippen LogP contribution in [0, 0.1) is 18.6 Å². The van der Waals surface area contributed by atoms with Gasteiger partial charge in [-0.15, -0.1) is 11.3 Å². The Morgan fingerprint density at radius 1 is 1.12 bits per heavy atom. The van der Waals surface area contributed by atoms with Crippen molar-refractivity contribution in [1.82, 2.24) is 10.3 Å². The van der Waals surface area contributed by atoms with Gasteiger partial charge in [0, 0.05) is 16.9 Å². The first-order chi connectivity index (χ1) is 12.0. The van der Waals surface area contributed by atoms with Crippen LogP contribution >= 0.6 is 11.3 Å². The molecule has 0 fully saturated rings. The average molecular weight is 358 g/mol. The molecular weight excluding hydrogens is 342 g/mol. The molecule has 0 aliphatic heterocycles. The maximum absolute atomic E-state index is 13.2. The molecule has 3 rings (SSSR count). The molecule has 0 saturated heterocycles. The molecule has 0 radical (unpaired) electrons. The third-order valence-corrected chi connectivity index (χ3v) is 4.88. The number of benzene rings is 2. The van der Waals surface area contributed by atoms with Crippen LogP contribution in [0.5, 0.6) is 0 Å². The van der Waals surface area contributed by atoms with Crippen LogP contribution in [0.2, 0.25) is 0 Å². The quantitative estimate of drug-likeness (QED) is 0.741. The van der Waals surface area contributed by atoms with Gasteiger partial charge >= 0.3 is 0 Å². The maximum Gasteiger partial charge on any atom is 0.251 e. The number of hydrogen-bond acceptors (Lipinski definition) is 3. The molecule has 0 aliphatic rings. The van der Waals surface area contributed by atoms with Crippen LogP contribution in [0.3, 0.4) is 0 Å². The van der Waals surface area contributed by atoms with Crippen molar-refractivity contribution < 1.29 is 13.6 Å². The highest BCUT2D eigenvalue weighted by Gasteiger charge is 2.12. The van der Waals surface area contributed by atoms with Crippen molar-refractivity contribution in [3.8, 4) is 0 Å². The van der Waals surface area contributed by atoms with E-state index < -0.39 is 17.5 Å². The molecular formula is C19H16F2N2OS. The molecule has 1 N–H and O–H groups in total. The Labute approximate surface area is 148 Å². The molecule has 0 bridgehead atoms. The molecule has 1 amide bonds. The molecule has 6 heteroatoms. The molecule has 25 heavy (non-hydrogen) atoms. The van der Waals surface area contributed by atoms with Crippen LogP contribution in [-0.2, 0) is 13.0 Å². The summed E-state index contributed by atoms with van der Waals surface area (Å²) >= 11 is 1.54. The smallest absolute Gasteiger partial charge is 0.251 e. The molecule has 0 aliphatic carbocycles. The largest absolute Gasteiger partial charge is 0.346 e. The predicted octanol–water partition coefficient (Wildman–Crippen LogP) is 4.25. The van der Waals surface area contributed by atoms with Crippen LogP contribution in [0.1, 0.15) is 31.5 Å². The third-order valence-electron chi connectivity index (χ3n) is 3.73. The molecule has 0 saturated carbocycles. The maximum atomic E-state index is 13.2. The van der Waals surface area contributed by atoms with Crippen molar-refractivity contribution in [2.75, 3.05) is 0 Å². The van der Waals surface area contributed by atoms with Gasteiger partial charge in [-0.3, -0.25) is 4.79 Å². The molecule has 0 unspecified atom stereocenters. The van der Waals surface area contributed by atoms with Crippen LogP contribution in [-0.4, -0.2) is 10.9 Å². The topological polar surface area (TPSA) is 42.0 Å². The fourth-order valence-corrected chi connectivity index (χ4v) is 3.45. The van der Waals surface area contributed by atoms with E-state index in [1.807, 2.05) is 25.1 Å². The molecule has 1 heterocycles. The number of nitrogens with one attached hydrogen (secondary N) is 1. The number of aryl methyl sites for hydroxylation is 1. The second-order valence-corrected chi connectivity index (χ2v) is 6.76. The number of carbonyl (C=O) groups excluding carboxylic acids is 1. The number of amides is 1. The fourth-order valence-electron chi connectivity index (χ4n) is 2.40. The van der Waals surface area contributed by atoms with Gasteiger partial charge in [-0.2, -0.15) is 0 Å². The van der Waals surface area contributed by atoms with Gasteiger partial charge in [0.1, 0.15) is 5.01 Å². The lowest BCUT2D eigenvalue weighted by Gasteiger charge is -2.03. The highest BCUT2D eigenvalue weighted by atomic mass is 32.1. The summed E-state index contributed by atoms with van der Waals surface area (Å²) in [4.78, 5) is 17.7. The first-order valence-electron chi connectivity index (χ1n) is 7.75. The van der Waals surface area contributed by atoms with Crippen molar-refractivity contribution in [1.29, 1.82) is 0 Å². The van der Waals surface area contributed by atoms with Gasteiger partial charge in [-0.05, 0) is 30.7 Å². The highest BCUT2D eigenvalue weighted by molar-refractivity contribution is 7.11. The minimum absolute atomic E-state index is 0.0803. The van der Waals surface area contributed by atoms with Crippen LogP contribution in [0.25, 0.3) is 0 Å². The number of halogens is 2. The van der Waals surface area contributed by atoms with Gasteiger partial charge < -0.3 is 5.32 Å². The summed E-state index contributed by atoms with van der Waals surface area (Å²) in [6, 6.07) is 13.2. The summed E-state index contributed by atoms with van der Waals surface area (Å²) in [5, 5.41) is 3.46. The van der Waals surface area contributed by atoms with E-state index in [4.69, 9.17) is 0 Å². The minimum Gasteiger partial charge on any atom is -0.346 e. The first kappa shape index (κ1) is 17.2. The SMILES string of the molecule is Cc1nc(CNC(=O)c2ccc(F)c(F)c2)sc1Cc1ccccc1. The Morgan fingerprint density at radius 2 is 1.88 bits per heavy atom. The molecule has 0 atom stereocenters. The van der Waals surface area contributed by atoms with E-state index in [1.165, 1.54) is 23.0 Å². The van der Waals surface area contributed by atoms with Crippen LogP contribution in [0.4, 0.5) is 8.78 Å². The number of hydrogen-bond donors (Lipinski definition) is 1. The zero-order valence-electron chi connectivity index (χ0n) is 13.6. The van der Waals surface area contributed by atoms with Crippen molar-refractivity contribution in [2.24, 2.45) is 0 Å². The second kappa shape index (κ2) is 7.53. The number of nitrogens with zero attached hydrogens (tertiary/aromatic N) is 1. The van der Waals surface area contributed by atoms with Gasteiger partial charge in [-0.25, -0.2) is 13.8 Å². The fraction of sp³-hybridized carbons (Fsp3) is 0.158. The van der Waals surface area contributed by atoms with Gasteiger partial charge in [0.2, 0.25) is 0 Å². The van der Waals surface area contributed by atoms with Crippen molar-refractivity contribution in [3.05, 3.63) is 86.9 Å². The number of carbonyl (C=O) groups is 1. The van der Waals surface area contributed by atoms with Gasteiger partial charge in [0.05, 0.1) is 12.2 Å². The summed E-state index contributed by atoms with van der Waals surface area (Å²) in [7, 11) is 0. The van der Waals surface area contributed by atoms with Gasteiger partial charge in [-0.1, -0.05) is 30.3 Å². The molecule has 128 valence electrons. The number of thiazole rings is 1. The van der Waals surface area contributed by atoms with Crippen molar-refractivity contribution in [3.63, 3.8) is 0 Å². The lowest BCUT2D eigenvalue weighted by molar-refractivity contribution is 0.0950. The summed E-state index contributed by atoms with van der Waals surface area (Å²) in [6.45, 7) is 2.19.